The highest BCUT2D eigenvalue weighted by molar-refractivity contribution is 7.89. The van der Waals surface area contributed by atoms with Crippen molar-refractivity contribution in [2.24, 2.45) is 11.8 Å². The first-order chi connectivity index (χ1) is 16.3. The number of aromatic nitrogens is 2. The number of nitrogens with zero attached hydrogens (tertiary/aromatic N) is 3. The average Bonchev–Trinajstić information content (AvgIpc) is 2.83. The SMILES string of the molecule is CC(C)CCNC(=O)c1cc(-c2ccncc2)nc2ccc(S(=O)(=O)N3CCC(C)CC3)cc12. The van der Waals surface area contributed by atoms with E-state index in [-0.39, 0.29) is 10.8 Å². The minimum atomic E-state index is -3.64. The van der Waals surface area contributed by atoms with Gasteiger partial charge in [-0.2, -0.15) is 4.31 Å². The molecule has 1 saturated heterocycles. The van der Waals surface area contributed by atoms with E-state index in [9.17, 15) is 13.2 Å². The van der Waals surface area contributed by atoms with Crippen molar-refractivity contribution in [1.29, 1.82) is 0 Å². The number of carbonyl (C=O) groups excluding carboxylic acids is 1. The van der Waals surface area contributed by atoms with Crippen LogP contribution in [0.3, 0.4) is 0 Å². The lowest BCUT2D eigenvalue weighted by molar-refractivity contribution is 0.0953. The van der Waals surface area contributed by atoms with E-state index >= 15 is 0 Å². The molecule has 0 spiro atoms. The molecule has 1 aliphatic heterocycles. The van der Waals surface area contributed by atoms with E-state index in [1.165, 1.54) is 0 Å². The van der Waals surface area contributed by atoms with Crippen LogP contribution in [0.5, 0.6) is 0 Å². The van der Waals surface area contributed by atoms with Crippen LogP contribution in [0, 0.1) is 11.8 Å². The lowest BCUT2D eigenvalue weighted by Crippen LogP contribution is -2.37. The number of nitrogens with one attached hydrogen (secondary N) is 1. The normalized spacial score (nSPS) is 15.6. The van der Waals surface area contributed by atoms with Gasteiger partial charge in [-0.25, -0.2) is 13.4 Å². The highest BCUT2D eigenvalue weighted by Gasteiger charge is 2.28. The van der Waals surface area contributed by atoms with Crippen molar-refractivity contribution in [1.82, 2.24) is 19.6 Å². The third-order valence-electron chi connectivity index (χ3n) is 6.39. The highest BCUT2D eigenvalue weighted by atomic mass is 32.2. The topological polar surface area (TPSA) is 92.3 Å². The zero-order chi connectivity index (χ0) is 24.3. The predicted octanol–water partition coefficient (Wildman–Crippen LogP) is 4.49. The molecule has 34 heavy (non-hydrogen) atoms. The molecule has 1 N–H and O–H groups in total. The van der Waals surface area contributed by atoms with Crippen LogP contribution >= 0.6 is 0 Å². The van der Waals surface area contributed by atoms with E-state index in [2.05, 4.69) is 31.1 Å². The van der Waals surface area contributed by atoms with Crippen LogP contribution in [0.15, 0.2) is 53.7 Å². The molecule has 0 saturated carbocycles. The predicted molar refractivity (Wildman–Crippen MR) is 134 cm³/mol. The maximum Gasteiger partial charge on any atom is 0.252 e. The average molecular weight is 481 g/mol. The zero-order valence-electron chi connectivity index (χ0n) is 20.0. The van der Waals surface area contributed by atoms with Crippen LogP contribution in [0.4, 0.5) is 0 Å². The molecule has 3 heterocycles. The quantitative estimate of drug-likeness (QED) is 0.538. The minimum absolute atomic E-state index is 0.198. The van der Waals surface area contributed by atoms with Gasteiger partial charge >= 0.3 is 0 Å². The number of carbonyl (C=O) groups is 1. The summed E-state index contributed by atoms with van der Waals surface area (Å²) in [5.74, 6) is 0.760. The fourth-order valence-corrected chi connectivity index (χ4v) is 5.66. The van der Waals surface area contributed by atoms with Gasteiger partial charge in [-0.05, 0) is 67.5 Å². The summed E-state index contributed by atoms with van der Waals surface area (Å²) in [7, 11) is -3.64. The Bertz CT molecular complexity index is 1270. The first-order valence-corrected chi connectivity index (χ1v) is 13.3. The van der Waals surface area contributed by atoms with Gasteiger partial charge in [0.05, 0.1) is 21.7 Å². The third-order valence-corrected chi connectivity index (χ3v) is 8.28. The Morgan fingerprint density at radius 3 is 2.50 bits per heavy atom. The molecule has 3 aromatic rings. The molecular formula is C26H32N4O3S. The van der Waals surface area contributed by atoms with Gasteiger partial charge in [0.25, 0.3) is 5.91 Å². The number of hydrogen-bond donors (Lipinski definition) is 1. The van der Waals surface area contributed by atoms with Gasteiger partial charge in [-0.1, -0.05) is 20.8 Å². The minimum Gasteiger partial charge on any atom is -0.352 e. The summed E-state index contributed by atoms with van der Waals surface area (Å²) >= 11 is 0. The fraction of sp³-hybridized carbons (Fsp3) is 0.423. The molecule has 2 aromatic heterocycles. The van der Waals surface area contributed by atoms with Crippen molar-refractivity contribution < 1.29 is 13.2 Å². The molecule has 1 amide bonds. The molecule has 8 heteroatoms. The number of hydrogen-bond acceptors (Lipinski definition) is 5. The molecule has 1 aliphatic rings. The van der Waals surface area contributed by atoms with Crippen molar-refractivity contribution in [2.75, 3.05) is 19.6 Å². The van der Waals surface area contributed by atoms with Crippen LogP contribution in [-0.2, 0) is 10.0 Å². The number of fused-ring (bicyclic) bond motifs is 1. The Balaban J connectivity index is 1.77. The number of amides is 1. The number of pyridine rings is 2. The van der Waals surface area contributed by atoms with E-state index in [1.807, 2.05) is 12.1 Å². The van der Waals surface area contributed by atoms with Gasteiger partial charge in [-0.3, -0.25) is 9.78 Å². The second kappa shape index (κ2) is 10.2. The highest BCUT2D eigenvalue weighted by Crippen LogP contribution is 2.29. The van der Waals surface area contributed by atoms with Gasteiger partial charge in [-0.15, -0.1) is 0 Å². The van der Waals surface area contributed by atoms with Crippen molar-refractivity contribution in [3.63, 3.8) is 0 Å². The molecule has 0 atom stereocenters. The maximum absolute atomic E-state index is 13.4. The van der Waals surface area contributed by atoms with Gasteiger partial charge in [0.2, 0.25) is 10.0 Å². The smallest absolute Gasteiger partial charge is 0.252 e. The summed E-state index contributed by atoms with van der Waals surface area (Å²) in [4.78, 5) is 22.2. The molecule has 1 aromatic carbocycles. The number of piperidine rings is 1. The van der Waals surface area contributed by atoms with E-state index in [0.29, 0.717) is 53.6 Å². The Hall–Kier alpha value is -2.84. The van der Waals surface area contributed by atoms with E-state index in [1.54, 1.807) is 41.0 Å². The molecule has 7 nitrogen and oxygen atoms in total. The Labute approximate surface area is 201 Å². The molecular weight excluding hydrogens is 448 g/mol. The van der Waals surface area contributed by atoms with Crippen molar-refractivity contribution in [3.05, 3.63) is 54.4 Å². The van der Waals surface area contributed by atoms with Crippen LogP contribution in [0.25, 0.3) is 22.2 Å². The first kappa shape index (κ1) is 24.3. The van der Waals surface area contributed by atoms with Gasteiger partial charge in [0, 0.05) is 43.0 Å². The van der Waals surface area contributed by atoms with Gasteiger partial charge in [0.15, 0.2) is 0 Å². The van der Waals surface area contributed by atoms with E-state index in [4.69, 9.17) is 4.98 Å². The van der Waals surface area contributed by atoms with Crippen LogP contribution in [-0.4, -0.2) is 48.2 Å². The van der Waals surface area contributed by atoms with E-state index in [0.717, 1.165) is 24.8 Å². The second-order valence-electron chi connectivity index (χ2n) is 9.49. The lowest BCUT2D eigenvalue weighted by atomic mass is 10.0. The first-order valence-electron chi connectivity index (χ1n) is 11.9. The third kappa shape index (κ3) is 5.28. The van der Waals surface area contributed by atoms with Crippen molar-refractivity contribution >= 4 is 26.8 Å². The zero-order valence-corrected chi connectivity index (χ0v) is 20.8. The second-order valence-corrected chi connectivity index (χ2v) is 11.4. The molecule has 1 fully saturated rings. The van der Waals surface area contributed by atoms with Gasteiger partial charge in [0.1, 0.15) is 0 Å². The van der Waals surface area contributed by atoms with E-state index < -0.39 is 10.0 Å². The summed E-state index contributed by atoms with van der Waals surface area (Å²) in [6.07, 6.45) is 5.93. The van der Waals surface area contributed by atoms with Crippen molar-refractivity contribution in [3.8, 4) is 11.3 Å². The Morgan fingerprint density at radius 1 is 1.12 bits per heavy atom. The van der Waals surface area contributed by atoms with Crippen LogP contribution in [0.1, 0.15) is 50.4 Å². The van der Waals surface area contributed by atoms with Gasteiger partial charge < -0.3 is 5.32 Å². The molecule has 0 unspecified atom stereocenters. The summed E-state index contributed by atoms with van der Waals surface area (Å²) in [5, 5.41) is 3.52. The number of sulfonamides is 1. The number of benzene rings is 1. The van der Waals surface area contributed by atoms with Crippen LogP contribution < -0.4 is 5.32 Å². The van der Waals surface area contributed by atoms with Crippen LogP contribution in [0.2, 0.25) is 0 Å². The monoisotopic (exact) mass is 480 g/mol. The molecule has 0 radical (unpaired) electrons. The molecule has 0 aliphatic carbocycles. The summed E-state index contributed by atoms with van der Waals surface area (Å²) in [5.41, 5.74) is 2.48. The molecule has 4 rings (SSSR count). The Kier molecular flexibility index (Phi) is 7.28. The van der Waals surface area contributed by atoms with Crippen molar-refractivity contribution in [2.45, 2.75) is 44.9 Å². The Morgan fingerprint density at radius 2 is 1.82 bits per heavy atom. The summed E-state index contributed by atoms with van der Waals surface area (Å²) in [6.45, 7) is 7.94. The fourth-order valence-electron chi connectivity index (χ4n) is 4.17. The molecule has 0 bridgehead atoms. The standard InChI is InChI=1S/C26H32N4O3S/c1-18(2)6-13-28-26(31)23-17-25(20-7-11-27-12-8-20)29-24-5-4-21(16-22(23)24)34(32,33)30-14-9-19(3)10-15-30/h4-5,7-8,11-12,16-19H,6,9-10,13-15H2,1-3H3,(H,28,31). The molecule has 180 valence electrons. The lowest BCUT2D eigenvalue weighted by Gasteiger charge is -2.29. The maximum atomic E-state index is 13.4. The summed E-state index contributed by atoms with van der Waals surface area (Å²) < 4.78 is 28.3. The largest absolute Gasteiger partial charge is 0.352 e. The summed E-state index contributed by atoms with van der Waals surface area (Å²) in [6, 6.07) is 10.3. The number of rotatable bonds is 7.